The molecule has 1 saturated heterocycles. The number of hydrogen-bond acceptors (Lipinski definition) is 9. The minimum Gasteiger partial charge on any atom is -0.475 e. The van der Waals surface area contributed by atoms with Gasteiger partial charge >= 0.3 is 0 Å². The van der Waals surface area contributed by atoms with Gasteiger partial charge in [-0.05, 0) is 92.4 Å². The number of unbranched alkanes of at least 4 members (excludes halogenated alkanes) is 1. The molecule has 1 heterocycles. The topological polar surface area (TPSA) is 154 Å². The van der Waals surface area contributed by atoms with Gasteiger partial charge < -0.3 is 40.3 Å². The summed E-state index contributed by atoms with van der Waals surface area (Å²) in [5.41, 5.74) is 1.90. The molecule has 0 aliphatic carbocycles. The highest BCUT2D eigenvalue weighted by Crippen LogP contribution is 2.46. The van der Waals surface area contributed by atoms with Gasteiger partial charge in [0, 0.05) is 12.2 Å². The normalized spacial score (nSPS) is 20.1. The van der Waals surface area contributed by atoms with E-state index >= 15 is 0 Å². The highest BCUT2D eigenvalue weighted by Gasteiger charge is 2.48. The van der Waals surface area contributed by atoms with Crippen molar-refractivity contribution in [3.63, 3.8) is 0 Å². The fraction of sp³-hybridized carbons (Fsp3) is 0.472. The quantitative estimate of drug-likeness (QED) is 0.0881. The second-order valence-electron chi connectivity index (χ2n) is 12.4. The maximum atomic E-state index is 13.7. The molecule has 262 valence electrons. The maximum Gasteiger partial charge on any atom is 0.233 e. The number of carbonyl (C=O) groups is 1. The van der Waals surface area contributed by atoms with Crippen LogP contribution in [0.1, 0.15) is 62.3 Å². The van der Waals surface area contributed by atoms with Crippen molar-refractivity contribution in [2.24, 2.45) is 5.92 Å². The minimum absolute atomic E-state index is 0.0922. The van der Waals surface area contributed by atoms with E-state index in [2.05, 4.69) is 0 Å². The average Bonchev–Trinajstić information content (AvgIpc) is 3.09. The van der Waals surface area contributed by atoms with Gasteiger partial charge in [-0.3, -0.25) is 9.69 Å². The van der Waals surface area contributed by atoms with Crippen molar-refractivity contribution >= 4 is 11.6 Å². The summed E-state index contributed by atoms with van der Waals surface area (Å²) in [5.74, 6) is -0.936. The Kier molecular flexibility index (Phi) is 13.4. The Morgan fingerprint density at radius 1 is 0.833 bits per heavy atom. The Labute approximate surface area is 279 Å². The van der Waals surface area contributed by atoms with Gasteiger partial charge in [0.25, 0.3) is 0 Å². The number of hydrogen-bond donors (Lipinski definition) is 6. The molecule has 1 aliphatic rings. The first-order valence-electron chi connectivity index (χ1n) is 16.3. The summed E-state index contributed by atoms with van der Waals surface area (Å²) in [7, 11) is 1.70. The zero-order valence-electron chi connectivity index (χ0n) is 27.1. The lowest BCUT2D eigenvalue weighted by molar-refractivity contribution is -0.131. The van der Waals surface area contributed by atoms with Crippen LogP contribution in [0.5, 0.6) is 5.75 Å². The van der Waals surface area contributed by atoms with Crippen LogP contribution in [0.2, 0.25) is 0 Å². The number of rotatable bonds is 18. The van der Waals surface area contributed by atoms with Crippen molar-refractivity contribution in [1.82, 2.24) is 4.90 Å². The SMILES string of the molecule is CCCCC(Oc1ccc(C2C(CCC(O)c3ccc(F)cc3)C(=O)N2c2ccc(F)cc2)cc1)N(C)CC(O)C(O)C(O)C(O)CO. The van der Waals surface area contributed by atoms with E-state index < -0.39 is 66.9 Å². The van der Waals surface area contributed by atoms with E-state index in [4.69, 9.17) is 9.84 Å². The van der Waals surface area contributed by atoms with Crippen molar-refractivity contribution < 1.29 is 49.0 Å². The molecule has 0 aromatic heterocycles. The smallest absolute Gasteiger partial charge is 0.233 e. The minimum atomic E-state index is -1.73. The molecule has 3 aromatic carbocycles. The standard InChI is InChI=1S/C36H46F2N2O8/c1-3-4-5-32(39(2)20-30(43)34(45)35(46)31(44)21-41)48-27-16-8-23(9-17-27)33-28(18-19-29(42)22-6-10-24(37)11-7-22)36(47)40(33)26-14-12-25(38)13-15-26/h6-17,28-35,41-46H,3-5,18-21H2,1-2H3. The lowest BCUT2D eigenvalue weighted by atomic mass is 9.78. The molecule has 6 N–H and O–H groups in total. The number of aliphatic hydroxyl groups excluding tert-OH is 6. The van der Waals surface area contributed by atoms with Crippen LogP contribution in [0.3, 0.4) is 0 Å². The summed E-state index contributed by atoms with van der Waals surface area (Å²) in [4.78, 5) is 16.7. The largest absolute Gasteiger partial charge is 0.475 e. The summed E-state index contributed by atoms with van der Waals surface area (Å²) in [6.45, 7) is 1.17. The number of anilines is 1. The van der Waals surface area contributed by atoms with Crippen LogP contribution < -0.4 is 9.64 Å². The fourth-order valence-corrected chi connectivity index (χ4v) is 6.02. The van der Waals surface area contributed by atoms with Gasteiger partial charge in [0.05, 0.1) is 30.8 Å². The highest BCUT2D eigenvalue weighted by atomic mass is 19.1. The number of ether oxygens (including phenoxy) is 1. The van der Waals surface area contributed by atoms with Gasteiger partial charge in [-0.15, -0.1) is 0 Å². The van der Waals surface area contributed by atoms with Crippen molar-refractivity contribution in [1.29, 1.82) is 0 Å². The van der Waals surface area contributed by atoms with E-state index in [1.807, 2.05) is 19.1 Å². The zero-order valence-corrected chi connectivity index (χ0v) is 27.1. The highest BCUT2D eigenvalue weighted by molar-refractivity contribution is 6.03. The number of likely N-dealkylation sites (N-methyl/N-ethyl adjacent to an activating group) is 1. The Morgan fingerprint density at radius 2 is 1.42 bits per heavy atom. The monoisotopic (exact) mass is 672 g/mol. The van der Waals surface area contributed by atoms with E-state index in [-0.39, 0.29) is 18.9 Å². The summed E-state index contributed by atoms with van der Waals surface area (Å²) in [6.07, 6.45) is -4.95. The molecule has 0 spiro atoms. The molecular formula is C36H46F2N2O8. The van der Waals surface area contributed by atoms with Gasteiger partial charge in [0.15, 0.2) is 6.23 Å². The van der Waals surface area contributed by atoms with E-state index in [0.29, 0.717) is 29.8 Å². The van der Waals surface area contributed by atoms with Crippen LogP contribution in [-0.2, 0) is 4.79 Å². The third kappa shape index (κ3) is 9.14. The zero-order chi connectivity index (χ0) is 35.0. The molecule has 0 saturated carbocycles. The van der Waals surface area contributed by atoms with Crippen LogP contribution in [0.15, 0.2) is 72.8 Å². The number of halogens is 2. The maximum absolute atomic E-state index is 13.7. The molecule has 1 fully saturated rings. The molecule has 0 radical (unpaired) electrons. The molecule has 8 unspecified atom stereocenters. The van der Waals surface area contributed by atoms with Gasteiger partial charge in [-0.2, -0.15) is 0 Å². The number of β-lactam (4-membered cyclic amide) rings is 1. The Balaban J connectivity index is 1.49. The third-order valence-corrected chi connectivity index (χ3v) is 8.92. The Morgan fingerprint density at radius 3 is 2.00 bits per heavy atom. The van der Waals surface area contributed by atoms with Gasteiger partial charge in [-0.1, -0.05) is 37.6 Å². The molecule has 4 rings (SSSR count). The van der Waals surface area contributed by atoms with Gasteiger partial charge in [0.1, 0.15) is 35.7 Å². The number of carbonyl (C=O) groups excluding carboxylic acids is 1. The first-order valence-corrected chi connectivity index (χ1v) is 16.3. The number of benzene rings is 3. The number of nitrogens with zero attached hydrogens (tertiary/aromatic N) is 2. The van der Waals surface area contributed by atoms with Crippen LogP contribution in [0.4, 0.5) is 14.5 Å². The second-order valence-corrected chi connectivity index (χ2v) is 12.4. The van der Waals surface area contributed by atoms with Crippen molar-refractivity contribution in [2.45, 2.75) is 81.8 Å². The van der Waals surface area contributed by atoms with Crippen molar-refractivity contribution in [2.75, 3.05) is 25.1 Å². The first-order chi connectivity index (χ1) is 22.9. The lowest BCUT2D eigenvalue weighted by Crippen LogP contribution is -2.55. The summed E-state index contributed by atoms with van der Waals surface area (Å²) < 4.78 is 33.4. The number of aliphatic hydroxyl groups is 6. The summed E-state index contributed by atoms with van der Waals surface area (Å²) in [5, 5.41) is 60.3. The van der Waals surface area contributed by atoms with E-state index in [9.17, 15) is 39.1 Å². The second kappa shape index (κ2) is 17.3. The molecule has 10 nitrogen and oxygen atoms in total. The van der Waals surface area contributed by atoms with Crippen molar-refractivity contribution in [3.8, 4) is 5.75 Å². The van der Waals surface area contributed by atoms with E-state index in [0.717, 1.165) is 18.4 Å². The molecule has 1 amide bonds. The van der Waals surface area contributed by atoms with E-state index in [1.54, 1.807) is 41.1 Å². The average molecular weight is 673 g/mol. The molecule has 12 heteroatoms. The molecule has 3 aromatic rings. The van der Waals surface area contributed by atoms with E-state index in [1.165, 1.54) is 36.4 Å². The first kappa shape index (κ1) is 37.3. The summed E-state index contributed by atoms with van der Waals surface area (Å²) in [6, 6.07) is 18.1. The predicted molar refractivity (Wildman–Crippen MR) is 175 cm³/mol. The molecular weight excluding hydrogens is 626 g/mol. The van der Waals surface area contributed by atoms with Gasteiger partial charge in [-0.25, -0.2) is 8.78 Å². The summed E-state index contributed by atoms with van der Waals surface area (Å²) >= 11 is 0. The van der Waals surface area contributed by atoms with Crippen LogP contribution in [-0.4, -0.2) is 92.3 Å². The molecule has 8 atom stereocenters. The molecule has 1 aliphatic heterocycles. The molecule has 48 heavy (non-hydrogen) atoms. The predicted octanol–water partition coefficient (Wildman–Crippen LogP) is 3.45. The number of amides is 1. The van der Waals surface area contributed by atoms with Gasteiger partial charge in [0.2, 0.25) is 5.91 Å². The van der Waals surface area contributed by atoms with Crippen molar-refractivity contribution in [3.05, 3.63) is 95.6 Å². The van der Waals surface area contributed by atoms with Crippen LogP contribution in [0.25, 0.3) is 0 Å². The van der Waals surface area contributed by atoms with Crippen LogP contribution in [0, 0.1) is 17.6 Å². The third-order valence-electron chi connectivity index (χ3n) is 8.92. The molecule has 0 bridgehead atoms. The van der Waals surface area contributed by atoms with Crippen LogP contribution >= 0.6 is 0 Å². The lowest BCUT2D eigenvalue weighted by Gasteiger charge is -2.48. The Bertz CT molecular complexity index is 1430. The Hall–Kier alpha value is -3.49. The fourth-order valence-electron chi connectivity index (χ4n) is 6.02.